The largest absolute Gasteiger partial charge is 0.465 e. The average Bonchev–Trinajstić information content (AvgIpc) is 3.08. The zero-order valence-electron chi connectivity index (χ0n) is 11.3. The summed E-state index contributed by atoms with van der Waals surface area (Å²) >= 11 is 5.72. The van der Waals surface area contributed by atoms with Gasteiger partial charge in [-0.05, 0) is 37.8 Å². The van der Waals surface area contributed by atoms with Crippen molar-refractivity contribution in [2.45, 2.75) is 39.3 Å². The highest BCUT2D eigenvalue weighted by molar-refractivity contribution is 7.89. The lowest BCUT2D eigenvalue weighted by atomic mass is 10.3. The van der Waals surface area contributed by atoms with Crippen LogP contribution >= 0.6 is 11.6 Å². The molecule has 108 valence electrons. The summed E-state index contributed by atoms with van der Waals surface area (Å²) in [6.45, 7) is 4.04. The molecular formula is C13H20ClNO3S. The lowest BCUT2D eigenvalue weighted by Crippen LogP contribution is -2.36. The summed E-state index contributed by atoms with van der Waals surface area (Å²) in [7, 11) is -3.27. The normalized spacial score (nSPS) is 17.9. The van der Waals surface area contributed by atoms with Gasteiger partial charge in [0.2, 0.25) is 10.0 Å². The molecule has 6 heteroatoms. The van der Waals surface area contributed by atoms with E-state index >= 15 is 0 Å². The van der Waals surface area contributed by atoms with Crippen molar-refractivity contribution in [1.82, 2.24) is 4.31 Å². The molecule has 19 heavy (non-hydrogen) atoms. The Balaban J connectivity index is 2.11. The fourth-order valence-electron chi connectivity index (χ4n) is 2.04. The first kappa shape index (κ1) is 14.9. The van der Waals surface area contributed by atoms with Gasteiger partial charge in [0.15, 0.2) is 0 Å². The first-order chi connectivity index (χ1) is 8.92. The molecule has 1 heterocycles. The molecule has 1 fully saturated rings. The third kappa shape index (κ3) is 3.97. The van der Waals surface area contributed by atoms with Gasteiger partial charge in [-0.2, -0.15) is 4.31 Å². The molecule has 1 unspecified atom stereocenters. The van der Waals surface area contributed by atoms with E-state index in [0.717, 1.165) is 18.6 Å². The maximum Gasteiger partial charge on any atom is 0.215 e. The van der Waals surface area contributed by atoms with Gasteiger partial charge >= 0.3 is 0 Å². The predicted molar refractivity (Wildman–Crippen MR) is 75.7 cm³/mol. The van der Waals surface area contributed by atoms with Gasteiger partial charge in [0.05, 0.1) is 12.3 Å². The molecule has 0 radical (unpaired) electrons. The summed E-state index contributed by atoms with van der Waals surface area (Å²) in [5.74, 6) is 1.93. The van der Waals surface area contributed by atoms with Crippen LogP contribution in [0.1, 0.15) is 31.3 Å². The fourth-order valence-corrected chi connectivity index (χ4v) is 4.30. The molecule has 4 nitrogen and oxygen atoms in total. The topological polar surface area (TPSA) is 50.5 Å². The molecule has 0 saturated heterocycles. The van der Waals surface area contributed by atoms with Crippen LogP contribution in [0.25, 0.3) is 0 Å². The van der Waals surface area contributed by atoms with Crippen LogP contribution in [0.3, 0.4) is 0 Å². The quantitative estimate of drug-likeness (QED) is 0.728. The van der Waals surface area contributed by atoms with Crippen LogP contribution in [-0.4, -0.2) is 30.4 Å². The SMILES string of the molecule is Cc1ccc(CN(C2CC2)S(=O)(=O)CC(C)CCl)o1. The van der Waals surface area contributed by atoms with E-state index in [1.54, 1.807) is 4.31 Å². The Bertz CT molecular complexity index is 522. The minimum atomic E-state index is -3.27. The standard InChI is InChI=1S/C13H20ClNO3S/c1-10(7-14)9-19(16,17)15(12-4-5-12)8-13-6-3-11(2)18-13/h3,6,10,12H,4-5,7-9H2,1-2H3. The van der Waals surface area contributed by atoms with E-state index in [2.05, 4.69) is 0 Å². The maximum atomic E-state index is 12.4. The van der Waals surface area contributed by atoms with E-state index in [1.807, 2.05) is 26.0 Å². The number of rotatable bonds is 7. The van der Waals surface area contributed by atoms with Crippen LogP contribution in [0.2, 0.25) is 0 Å². The molecule has 1 saturated carbocycles. The lowest BCUT2D eigenvalue weighted by Gasteiger charge is -2.22. The molecule has 0 aliphatic heterocycles. The van der Waals surface area contributed by atoms with Crippen LogP contribution in [0.5, 0.6) is 0 Å². The number of hydrogen-bond donors (Lipinski definition) is 0. The van der Waals surface area contributed by atoms with E-state index in [-0.39, 0.29) is 17.7 Å². The average molecular weight is 306 g/mol. The Hall–Kier alpha value is -0.520. The maximum absolute atomic E-state index is 12.4. The summed E-state index contributed by atoms with van der Waals surface area (Å²) in [5.41, 5.74) is 0. The first-order valence-electron chi connectivity index (χ1n) is 6.53. The number of nitrogens with zero attached hydrogens (tertiary/aromatic N) is 1. The van der Waals surface area contributed by atoms with Gasteiger partial charge in [-0.25, -0.2) is 8.42 Å². The van der Waals surface area contributed by atoms with Crippen molar-refractivity contribution in [3.63, 3.8) is 0 Å². The Morgan fingerprint density at radius 1 is 1.47 bits per heavy atom. The van der Waals surface area contributed by atoms with Crippen molar-refractivity contribution in [1.29, 1.82) is 0 Å². The van der Waals surface area contributed by atoms with Gasteiger partial charge in [-0.1, -0.05) is 6.92 Å². The van der Waals surface area contributed by atoms with Gasteiger partial charge < -0.3 is 4.42 Å². The minimum Gasteiger partial charge on any atom is -0.465 e. The molecule has 0 N–H and O–H groups in total. The molecule has 0 spiro atoms. The van der Waals surface area contributed by atoms with Crippen molar-refractivity contribution in [3.05, 3.63) is 23.7 Å². The van der Waals surface area contributed by atoms with Gasteiger partial charge in [-0.15, -0.1) is 11.6 Å². The second-order valence-corrected chi connectivity index (χ2v) is 7.60. The smallest absolute Gasteiger partial charge is 0.215 e. The third-order valence-corrected chi connectivity index (χ3v) is 5.84. The van der Waals surface area contributed by atoms with Crippen LogP contribution in [0.4, 0.5) is 0 Å². The predicted octanol–water partition coefficient (Wildman–Crippen LogP) is 2.76. The van der Waals surface area contributed by atoms with E-state index in [4.69, 9.17) is 16.0 Å². The van der Waals surface area contributed by atoms with Crippen LogP contribution in [-0.2, 0) is 16.6 Å². The molecule has 0 amide bonds. The van der Waals surface area contributed by atoms with Crippen molar-refractivity contribution in [2.75, 3.05) is 11.6 Å². The number of halogens is 1. The number of aryl methyl sites for hydroxylation is 1. The van der Waals surface area contributed by atoms with Crippen molar-refractivity contribution in [3.8, 4) is 0 Å². The van der Waals surface area contributed by atoms with E-state index < -0.39 is 10.0 Å². The molecule has 2 rings (SSSR count). The highest BCUT2D eigenvalue weighted by atomic mass is 35.5. The summed E-state index contributed by atoms with van der Waals surface area (Å²) in [6.07, 6.45) is 1.88. The van der Waals surface area contributed by atoms with Gasteiger partial charge in [0.1, 0.15) is 11.5 Å². The van der Waals surface area contributed by atoms with E-state index in [0.29, 0.717) is 18.2 Å². The first-order valence-corrected chi connectivity index (χ1v) is 8.67. The molecule has 1 aromatic rings. The number of furan rings is 1. The Kier molecular flexibility index (Phi) is 4.58. The van der Waals surface area contributed by atoms with E-state index in [1.165, 1.54) is 0 Å². The summed E-state index contributed by atoms with van der Waals surface area (Å²) < 4.78 is 31.9. The number of hydrogen-bond acceptors (Lipinski definition) is 3. The second kappa shape index (κ2) is 5.85. The zero-order chi connectivity index (χ0) is 14.0. The number of alkyl halides is 1. The molecule has 0 bridgehead atoms. The Morgan fingerprint density at radius 3 is 2.63 bits per heavy atom. The van der Waals surface area contributed by atoms with Gasteiger partial charge in [0, 0.05) is 11.9 Å². The minimum absolute atomic E-state index is 0.0359. The highest BCUT2D eigenvalue weighted by Gasteiger charge is 2.38. The van der Waals surface area contributed by atoms with Crippen LogP contribution < -0.4 is 0 Å². The molecule has 1 aliphatic rings. The Morgan fingerprint density at radius 2 is 2.16 bits per heavy atom. The zero-order valence-corrected chi connectivity index (χ0v) is 12.9. The summed E-state index contributed by atoms with van der Waals surface area (Å²) in [4.78, 5) is 0. The third-order valence-electron chi connectivity index (χ3n) is 3.18. The highest BCUT2D eigenvalue weighted by Crippen LogP contribution is 2.32. The molecule has 1 aromatic heterocycles. The molecule has 1 aliphatic carbocycles. The summed E-state index contributed by atoms with van der Waals surface area (Å²) in [6, 6.07) is 3.83. The van der Waals surface area contributed by atoms with Gasteiger partial charge in [-0.3, -0.25) is 0 Å². The number of sulfonamides is 1. The van der Waals surface area contributed by atoms with E-state index in [9.17, 15) is 8.42 Å². The Labute approximate surface area is 119 Å². The molecule has 1 atom stereocenters. The second-order valence-electron chi connectivity index (χ2n) is 5.33. The monoisotopic (exact) mass is 305 g/mol. The molecule has 0 aromatic carbocycles. The fraction of sp³-hybridized carbons (Fsp3) is 0.692. The van der Waals surface area contributed by atoms with Crippen LogP contribution in [0, 0.1) is 12.8 Å². The van der Waals surface area contributed by atoms with Crippen molar-refractivity contribution < 1.29 is 12.8 Å². The lowest BCUT2D eigenvalue weighted by molar-refractivity contribution is 0.350. The van der Waals surface area contributed by atoms with Crippen molar-refractivity contribution >= 4 is 21.6 Å². The van der Waals surface area contributed by atoms with Gasteiger partial charge in [0.25, 0.3) is 0 Å². The van der Waals surface area contributed by atoms with Crippen LogP contribution in [0.15, 0.2) is 16.5 Å². The molecular weight excluding hydrogens is 286 g/mol. The van der Waals surface area contributed by atoms with Crippen molar-refractivity contribution in [2.24, 2.45) is 5.92 Å². The summed E-state index contributed by atoms with van der Waals surface area (Å²) in [5, 5.41) is 0.